The fourth-order valence-corrected chi connectivity index (χ4v) is 3.33. The molecule has 0 radical (unpaired) electrons. The third-order valence-electron chi connectivity index (χ3n) is 3.79. The van der Waals surface area contributed by atoms with Crippen LogP contribution < -0.4 is 4.90 Å². The van der Waals surface area contributed by atoms with E-state index < -0.39 is 0 Å². The Balaban J connectivity index is 2.38. The van der Waals surface area contributed by atoms with Crippen molar-refractivity contribution in [2.75, 3.05) is 18.1 Å². The molecule has 4 heteroatoms. The zero-order valence-corrected chi connectivity index (χ0v) is 13.3. The van der Waals surface area contributed by atoms with E-state index in [0.717, 1.165) is 16.3 Å². The molecule has 0 saturated carbocycles. The second-order valence-electron chi connectivity index (χ2n) is 5.79. The van der Waals surface area contributed by atoms with Crippen molar-refractivity contribution in [3.05, 3.63) is 28.8 Å². The first-order chi connectivity index (χ1) is 9.42. The number of amides is 1. The van der Waals surface area contributed by atoms with Gasteiger partial charge in [-0.1, -0.05) is 38.4 Å². The number of carbonyl (C=O) groups excluding carboxylic acids is 1. The zero-order chi connectivity index (χ0) is 14.9. The summed E-state index contributed by atoms with van der Waals surface area (Å²) in [7, 11) is 0. The van der Waals surface area contributed by atoms with E-state index in [-0.39, 0.29) is 17.4 Å². The molecule has 110 valence electrons. The number of nitrogens with zero attached hydrogens (tertiary/aromatic N) is 1. The Morgan fingerprint density at radius 1 is 1.45 bits per heavy atom. The van der Waals surface area contributed by atoms with Crippen LogP contribution in [0.15, 0.2) is 18.2 Å². The lowest BCUT2D eigenvalue weighted by molar-refractivity contribution is -0.130. The van der Waals surface area contributed by atoms with Crippen LogP contribution in [0.3, 0.4) is 0 Å². The first kappa shape index (κ1) is 15.3. The van der Waals surface area contributed by atoms with E-state index in [0.29, 0.717) is 19.6 Å². The second-order valence-corrected chi connectivity index (χ2v) is 6.20. The van der Waals surface area contributed by atoms with E-state index in [1.807, 2.05) is 36.9 Å². The molecule has 0 spiro atoms. The van der Waals surface area contributed by atoms with E-state index in [4.69, 9.17) is 16.3 Å². The van der Waals surface area contributed by atoms with E-state index in [9.17, 15) is 4.79 Å². The maximum Gasteiger partial charge on any atom is 0.256 e. The van der Waals surface area contributed by atoms with Gasteiger partial charge in [-0.05, 0) is 25.5 Å². The van der Waals surface area contributed by atoms with Crippen molar-refractivity contribution in [2.45, 2.75) is 45.6 Å². The van der Waals surface area contributed by atoms with Crippen LogP contribution in [0.25, 0.3) is 0 Å². The Bertz CT molecular complexity index is 513. The zero-order valence-electron chi connectivity index (χ0n) is 12.6. The standard InChI is InChI=1S/C16H22ClNO2/c1-5-13(20-6-2)15(19)18-10-16(3,4)14-11(17)8-7-9-12(14)18/h7-9,13H,5-6,10H2,1-4H3. The van der Waals surface area contributed by atoms with Gasteiger partial charge in [0.25, 0.3) is 5.91 Å². The molecular weight excluding hydrogens is 274 g/mol. The lowest BCUT2D eigenvalue weighted by Crippen LogP contribution is -2.41. The Hall–Kier alpha value is -1.06. The summed E-state index contributed by atoms with van der Waals surface area (Å²) in [5.74, 6) is 0.0310. The van der Waals surface area contributed by atoms with Crippen molar-refractivity contribution in [2.24, 2.45) is 0 Å². The molecule has 0 fully saturated rings. The Labute approximate surface area is 125 Å². The molecule has 1 aromatic carbocycles. The van der Waals surface area contributed by atoms with Gasteiger partial charge >= 0.3 is 0 Å². The summed E-state index contributed by atoms with van der Waals surface area (Å²) in [6, 6.07) is 5.74. The lowest BCUT2D eigenvalue weighted by Gasteiger charge is -2.24. The van der Waals surface area contributed by atoms with Gasteiger partial charge in [-0.25, -0.2) is 0 Å². The monoisotopic (exact) mass is 295 g/mol. The Morgan fingerprint density at radius 3 is 2.75 bits per heavy atom. The summed E-state index contributed by atoms with van der Waals surface area (Å²) in [5, 5.41) is 0.729. The molecule has 0 aliphatic carbocycles. The van der Waals surface area contributed by atoms with Crippen LogP contribution in [0.5, 0.6) is 0 Å². The number of rotatable bonds is 4. The molecule has 0 bridgehead atoms. The second kappa shape index (κ2) is 5.74. The van der Waals surface area contributed by atoms with Gasteiger partial charge in [0.05, 0.1) is 0 Å². The molecule has 1 aliphatic heterocycles. The van der Waals surface area contributed by atoms with Gasteiger partial charge in [0.1, 0.15) is 6.10 Å². The fourth-order valence-electron chi connectivity index (χ4n) is 2.90. The van der Waals surface area contributed by atoms with E-state index >= 15 is 0 Å². The highest BCUT2D eigenvalue weighted by molar-refractivity contribution is 6.32. The number of halogens is 1. The molecule has 1 amide bonds. The normalized spacial score (nSPS) is 17.9. The van der Waals surface area contributed by atoms with Crippen molar-refractivity contribution in [1.29, 1.82) is 0 Å². The van der Waals surface area contributed by atoms with Crippen molar-refractivity contribution in [1.82, 2.24) is 0 Å². The minimum absolute atomic E-state index is 0.0310. The van der Waals surface area contributed by atoms with Crippen molar-refractivity contribution < 1.29 is 9.53 Å². The smallest absolute Gasteiger partial charge is 0.256 e. The third kappa shape index (κ3) is 2.57. The third-order valence-corrected chi connectivity index (χ3v) is 4.11. The summed E-state index contributed by atoms with van der Waals surface area (Å²) < 4.78 is 5.55. The van der Waals surface area contributed by atoms with Crippen LogP contribution in [-0.2, 0) is 14.9 Å². The summed E-state index contributed by atoms with van der Waals surface area (Å²) in [4.78, 5) is 14.5. The molecule has 1 unspecified atom stereocenters. The topological polar surface area (TPSA) is 29.5 Å². The van der Waals surface area contributed by atoms with Crippen molar-refractivity contribution >= 4 is 23.2 Å². The number of fused-ring (bicyclic) bond motifs is 1. The predicted octanol–water partition coefficient (Wildman–Crippen LogP) is 3.78. The van der Waals surface area contributed by atoms with Crippen LogP contribution in [-0.4, -0.2) is 25.2 Å². The molecule has 2 rings (SSSR count). The fraction of sp³-hybridized carbons (Fsp3) is 0.562. The molecule has 20 heavy (non-hydrogen) atoms. The first-order valence-electron chi connectivity index (χ1n) is 7.14. The van der Waals surface area contributed by atoms with Crippen molar-refractivity contribution in [3.63, 3.8) is 0 Å². The number of hydrogen-bond acceptors (Lipinski definition) is 2. The molecular formula is C16H22ClNO2. The molecule has 0 N–H and O–H groups in total. The van der Waals surface area contributed by atoms with Crippen LogP contribution in [0.1, 0.15) is 39.7 Å². The minimum Gasteiger partial charge on any atom is -0.369 e. The SMILES string of the molecule is CCOC(CC)C(=O)N1CC(C)(C)c2c(Cl)cccc21. The average molecular weight is 296 g/mol. The maximum atomic E-state index is 12.7. The number of ether oxygens (including phenoxy) is 1. The quantitative estimate of drug-likeness (QED) is 0.846. The summed E-state index contributed by atoms with van der Waals surface area (Å²) in [6.45, 7) is 9.31. The van der Waals surface area contributed by atoms with Crippen LogP contribution in [0.4, 0.5) is 5.69 Å². The Morgan fingerprint density at radius 2 is 2.15 bits per heavy atom. The highest BCUT2D eigenvalue weighted by Gasteiger charge is 2.41. The molecule has 1 atom stereocenters. The molecule has 1 heterocycles. The highest BCUT2D eigenvalue weighted by atomic mass is 35.5. The molecule has 1 aromatic rings. The van der Waals surface area contributed by atoms with E-state index in [1.165, 1.54) is 0 Å². The molecule has 0 saturated heterocycles. The Kier molecular flexibility index (Phi) is 4.40. The maximum absolute atomic E-state index is 12.7. The summed E-state index contributed by atoms with van der Waals surface area (Å²) >= 11 is 6.33. The predicted molar refractivity (Wildman–Crippen MR) is 82.5 cm³/mol. The largest absolute Gasteiger partial charge is 0.369 e. The van der Waals surface area contributed by atoms with E-state index in [2.05, 4.69) is 13.8 Å². The highest BCUT2D eigenvalue weighted by Crippen LogP contribution is 2.44. The number of benzene rings is 1. The van der Waals surface area contributed by atoms with Gasteiger partial charge in [-0.15, -0.1) is 0 Å². The lowest BCUT2D eigenvalue weighted by atomic mass is 9.87. The first-order valence-corrected chi connectivity index (χ1v) is 7.52. The van der Waals surface area contributed by atoms with Gasteiger partial charge in [0.2, 0.25) is 0 Å². The average Bonchev–Trinajstić information content (AvgIpc) is 2.68. The van der Waals surface area contributed by atoms with Crippen LogP contribution >= 0.6 is 11.6 Å². The van der Waals surface area contributed by atoms with Gasteiger partial charge in [0, 0.05) is 34.8 Å². The van der Waals surface area contributed by atoms with Gasteiger partial charge in [-0.3, -0.25) is 4.79 Å². The molecule has 0 aromatic heterocycles. The number of hydrogen-bond donors (Lipinski definition) is 0. The van der Waals surface area contributed by atoms with Gasteiger partial charge < -0.3 is 9.64 Å². The minimum atomic E-state index is -0.374. The van der Waals surface area contributed by atoms with Crippen LogP contribution in [0.2, 0.25) is 5.02 Å². The van der Waals surface area contributed by atoms with Gasteiger partial charge in [-0.2, -0.15) is 0 Å². The number of anilines is 1. The van der Waals surface area contributed by atoms with E-state index in [1.54, 1.807) is 0 Å². The summed E-state index contributed by atoms with van der Waals surface area (Å²) in [5.41, 5.74) is 1.85. The molecule has 3 nitrogen and oxygen atoms in total. The van der Waals surface area contributed by atoms with Crippen LogP contribution in [0, 0.1) is 0 Å². The molecule has 1 aliphatic rings. The summed E-state index contributed by atoms with van der Waals surface area (Å²) in [6.07, 6.45) is 0.306. The number of carbonyl (C=O) groups is 1. The van der Waals surface area contributed by atoms with Crippen molar-refractivity contribution in [3.8, 4) is 0 Å². The van der Waals surface area contributed by atoms with Gasteiger partial charge in [0.15, 0.2) is 0 Å².